The minimum Gasteiger partial charge on any atom is -0.457 e. The van der Waals surface area contributed by atoms with Crippen molar-refractivity contribution in [3.05, 3.63) is 74.3 Å². The summed E-state index contributed by atoms with van der Waals surface area (Å²) in [7, 11) is 0. The van der Waals surface area contributed by atoms with Crippen molar-refractivity contribution in [2.45, 2.75) is 46.6 Å². The van der Waals surface area contributed by atoms with Gasteiger partial charge in [-0.15, -0.1) is 0 Å². The van der Waals surface area contributed by atoms with Crippen molar-refractivity contribution in [1.29, 1.82) is 0 Å². The number of carbonyl (C=O) groups is 1. The first-order valence-corrected chi connectivity index (χ1v) is 8.12. The summed E-state index contributed by atoms with van der Waals surface area (Å²) in [4.78, 5) is 22.3. The maximum Gasteiger partial charge on any atom is 0.338 e. The normalized spacial score (nSPS) is 11.2. The lowest BCUT2D eigenvalue weighted by atomic mass is 9.84. The van der Waals surface area contributed by atoms with Crippen LogP contribution in [0.1, 0.15) is 53.4 Å². The van der Waals surface area contributed by atoms with Crippen LogP contribution in [-0.4, -0.2) is 10.9 Å². The molecule has 5 nitrogen and oxygen atoms in total. The van der Waals surface area contributed by atoms with Crippen molar-refractivity contribution in [1.82, 2.24) is 0 Å². The molecule has 132 valence electrons. The lowest BCUT2D eigenvalue weighted by Gasteiger charge is -2.22. The molecule has 0 unspecified atom stereocenters. The SMILES string of the molecule is Cc1cc(C(C)(C)C)cc(C)c1COC(=O)c1ccc([N+](=O)[O-])cc1. The Kier molecular flexibility index (Phi) is 5.26. The molecule has 0 heterocycles. The van der Waals surface area contributed by atoms with E-state index in [-0.39, 0.29) is 17.7 Å². The molecular formula is C20H23NO4. The zero-order valence-corrected chi connectivity index (χ0v) is 15.3. The van der Waals surface area contributed by atoms with E-state index in [2.05, 4.69) is 32.9 Å². The summed E-state index contributed by atoms with van der Waals surface area (Å²) in [6.07, 6.45) is 0. The second-order valence-corrected chi connectivity index (χ2v) is 7.22. The molecule has 2 aromatic carbocycles. The van der Waals surface area contributed by atoms with E-state index >= 15 is 0 Å². The molecule has 25 heavy (non-hydrogen) atoms. The number of aryl methyl sites for hydroxylation is 2. The number of ether oxygens (including phenoxy) is 1. The maximum atomic E-state index is 12.2. The molecule has 0 aliphatic heterocycles. The monoisotopic (exact) mass is 341 g/mol. The number of carbonyl (C=O) groups excluding carboxylic acids is 1. The van der Waals surface area contributed by atoms with Gasteiger partial charge in [0.05, 0.1) is 10.5 Å². The highest BCUT2D eigenvalue weighted by Gasteiger charge is 2.17. The second kappa shape index (κ2) is 7.05. The molecule has 0 amide bonds. The maximum absolute atomic E-state index is 12.2. The van der Waals surface area contributed by atoms with Crippen LogP contribution in [0.4, 0.5) is 5.69 Å². The number of rotatable bonds is 4. The van der Waals surface area contributed by atoms with Crippen molar-refractivity contribution in [2.75, 3.05) is 0 Å². The summed E-state index contributed by atoms with van der Waals surface area (Å²) in [5.41, 5.74) is 4.70. The average Bonchev–Trinajstić information content (AvgIpc) is 2.52. The van der Waals surface area contributed by atoms with E-state index in [1.54, 1.807) is 0 Å². The molecule has 0 fully saturated rings. The van der Waals surface area contributed by atoms with E-state index in [0.717, 1.165) is 16.7 Å². The van der Waals surface area contributed by atoms with Crippen LogP contribution in [-0.2, 0) is 16.8 Å². The highest BCUT2D eigenvalue weighted by Crippen LogP contribution is 2.27. The summed E-state index contributed by atoms with van der Waals surface area (Å²) in [6.45, 7) is 10.7. The Morgan fingerprint density at radius 1 is 1.08 bits per heavy atom. The third-order valence-corrected chi connectivity index (χ3v) is 4.22. The summed E-state index contributed by atoms with van der Waals surface area (Å²) in [6, 6.07) is 9.66. The summed E-state index contributed by atoms with van der Waals surface area (Å²) in [5, 5.41) is 10.7. The Morgan fingerprint density at radius 2 is 1.60 bits per heavy atom. The van der Waals surface area contributed by atoms with Gasteiger partial charge in [0.15, 0.2) is 0 Å². The standard InChI is InChI=1S/C20H23NO4/c1-13-10-16(20(3,4)5)11-14(2)18(13)12-25-19(22)15-6-8-17(9-7-15)21(23)24/h6-11H,12H2,1-5H3. The smallest absolute Gasteiger partial charge is 0.338 e. The van der Waals surface area contributed by atoms with E-state index in [4.69, 9.17) is 4.74 Å². The van der Waals surface area contributed by atoms with Gasteiger partial charge in [-0.3, -0.25) is 10.1 Å². The first-order chi connectivity index (χ1) is 11.6. The van der Waals surface area contributed by atoms with Gasteiger partial charge in [-0.2, -0.15) is 0 Å². The lowest BCUT2D eigenvalue weighted by molar-refractivity contribution is -0.384. The average molecular weight is 341 g/mol. The van der Waals surface area contributed by atoms with E-state index in [1.807, 2.05) is 13.8 Å². The van der Waals surface area contributed by atoms with Gasteiger partial charge in [-0.05, 0) is 53.6 Å². The van der Waals surface area contributed by atoms with E-state index in [0.29, 0.717) is 5.56 Å². The van der Waals surface area contributed by atoms with Gasteiger partial charge in [0.25, 0.3) is 5.69 Å². The van der Waals surface area contributed by atoms with Crippen molar-refractivity contribution >= 4 is 11.7 Å². The predicted octanol–water partition coefficient (Wildman–Crippen LogP) is 4.87. The van der Waals surface area contributed by atoms with Crippen molar-refractivity contribution in [3.8, 4) is 0 Å². The van der Waals surface area contributed by atoms with Crippen LogP contribution in [0.5, 0.6) is 0 Å². The van der Waals surface area contributed by atoms with Crippen LogP contribution in [0.2, 0.25) is 0 Å². The number of nitro groups is 1. The quantitative estimate of drug-likeness (QED) is 0.452. The van der Waals surface area contributed by atoms with Gasteiger partial charge in [0.1, 0.15) is 6.61 Å². The Morgan fingerprint density at radius 3 is 2.04 bits per heavy atom. The summed E-state index contributed by atoms with van der Waals surface area (Å²) in [5.74, 6) is -0.492. The first-order valence-electron chi connectivity index (χ1n) is 8.12. The molecule has 0 bridgehead atoms. The van der Waals surface area contributed by atoms with Crippen LogP contribution in [0.15, 0.2) is 36.4 Å². The van der Waals surface area contributed by atoms with Crippen LogP contribution < -0.4 is 0 Å². The van der Waals surface area contributed by atoms with Gasteiger partial charge in [-0.1, -0.05) is 32.9 Å². The van der Waals surface area contributed by atoms with Gasteiger partial charge in [0, 0.05) is 12.1 Å². The molecule has 0 saturated carbocycles. The largest absolute Gasteiger partial charge is 0.457 e. The van der Waals surface area contributed by atoms with E-state index in [1.165, 1.54) is 29.8 Å². The minimum atomic E-state index is -0.501. The molecule has 0 aliphatic carbocycles. The molecule has 0 atom stereocenters. The fraction of sp³-hybridized carbons (Fsp3) is 0.350. The van der Waals surface area contributed by atoms with Crippen molar-refractivity contribution < 1.29 is 14.5 Å². The van der Waals surface area contributed by atoms with Gasteiger partial charge in [0.2, 0.25) is 0 Å². The Balaban J connectivity index is 2.13. The van der Waals surface area contributed by atoms with Gasteiger partial charge < -0.3 is 4.74 Å². The molecule has 0 N–H and O–H groups in total. The van der Waals surface area contributed by atoms with Crippen LogP contribution in [0.3, 0.4) is 0 Å². The molecule has 0 aromatic heterocycles. The predicted molar refractivity (Wildman–Crippen MR) is 96.8 cm³/mol. The van der Waals surface area contributed by atoms with Crippen molar-refractivity contribution in [2.24, 2.45) is 0 Å². The summed E-state index contributed by atoms with van der Waals surface area (Å²) < 4.78 is 5.39. The van der Waals surface area contributed by atoms with E-state index < -0.39 is 10.9 Å². The Bertz CT molecular complexity index is 778. The lowest BCUT2D eigenvalue weighted by Crippen LogP contribution is -2.13. The van der Waals surface area contributed by atoms with E-state index in [9.17, 15) is 14.9 Å². The fourth-order valence-corrected chi connectivity index (χ4v) is 2.59. The number of esters is 1. The molecule has 0 saturated heterocycles. The Hall–Kier alpha value is -2.69. The topological polar surface area (TPSA) is 69.4 Å². The van der Waals surface area contributed by atoms with Crippen LogP contribution in [0, 0.1) is 24.0 Å². The highest BCUT2D eigenvalue weighted by molar-refractivity contribution is 5.89. The number of nitrogens with zero attached hydrogens (tertiary/aromatic N) is 1. The number of hydrogen-bond acceptors (Lipinski definition) is 4. The number of benzene rings is 2. The molecule has 0 aliphatic rings. The molecular weight excluding hydrogens is 318 g/mol. The van der Waals surface area contributed by atoms with Gasteiger partial charge in [-0.25, -0.2) is 4.79 Å². The molecule has 5 heteroatoms. The fourth-order valence-electron chi connectivity index (χ4n) is 2.59. The summed E-state index contributed by atoms with van der Waals surface area (Å²) >= 11 is 0. The Labute approximate surface area is 147 Å². The third kappa shape index (κ3) is 4.44. The number of nitro benzene ring substituents is 1. The minimum absolute atomic E-state index is 0.0546. The zero-order valence-electron chi connectivity index (χ0n) is 15.3. The van der Waals surface area contributed by atoms with Gasteiger partial charge >= 0.3 is 5.97 Å². The molecule has 0 spiro atoms. The number of hydrogen-bond donors (Lipinski definition) is 0. The van der Waals surface area contributed by atoms with Crippen LogP contribution in [0.25, 0.3) is 0 Å². The molecule has 2 aromatic rings. The van der Waals surface area contributed by atoms with Crippen molar-refractivity contribution in [3.63, 3.8) is 0 Å². The first kappa shape index (κ1) is 18.6. The third-order valence-electron chi connectivity index (χ3n) is 4.22. The zero-order chi connectivity index (χ0) is 18.8. The van der Waals surface area contributed by atoms with Crippen LogP contribution >= 0.6 is 0 Å². The second-order valence-electron chi connectivity index (χ2n) is 7.22. The number of non-ortho nitro benzene ring substituents is 1. The molecule has 2 rings (SSSR count). The molecule has 0 radical (unpaired) electrons. The highest BCUT2D eigenvalue weighted by atomic mass is 16.6.